The van der Waals surface area contributed by atoms with Gasteiger partial charge >= 0.3 is 13.8 Å². The lowest BCUT2D eigenvalue weighted by atomic mass is 10.0. The lowest BCUT2D eigenvalue weighted by Gasteiger charge is -2.14. The molecule has 35 heavy (non-hydrogen) atoms. The van der Waals surface area contributed by atoms with Gasteiger partial charge in [0.15, 0.2) is 0 Å². The van der Waals surface area contributed by atoms with Gasteiger partial charge in [-0.15, -0.1) is 0 Å². The van der Waals surface area contributed by atoms with E-state index in [-0.39, 0.29) is 11.4 Å². The summed E-state index contributed by atoms with van der Waals surface area (Å²) in [7, 11) is -4.63. The Balaban J connectivity index is 1.53. The fourth-order valence-corrected chi connectivity index (χ4v) is 5.33. The highest BCUT2D eigenvalue weighted by molar-refractivity contribution is 7.60. The molecule has 0 aliphatic heterocycles. The minimum absolute atomic E-state index is 0.146. The van der Waals surface area contributed by atoms with E-state index in [9.17, 15) is 27.5 Å². The number of ether oxygens (including phenoxy) is 1. The van der Waals surface area contributed by atoms with E-state index in [1.807, 2.05) is 24.3 Å². The van der Waals surface area contributed by atoms with Crippen LogP contribution >= 0.6 is 7.60 Å². The molecule has 4 aromatic rings. The highest BCUT2D eigenvalue weighted by Gasteiger charge is 2.30. The van der Waals surface area contributed by atoms with Gasteiger partial charge in [0.1, 0.15) is 5.75 Å². The van der Waals surface area contributed by atoms with Crippen molar-refractivity contribution in [3.05, 3.63) is 78.5 Å². The van der Waals surface area contributed by atoms with Crippen LogP contribution in [-0.4, -0.2) is 20.5 Å². The summed E-state index contributed by atoms with van der Waals surface area (Å²) in [6.45, 7) is 0. The lowest BCUT2D eigenvalue weighted by molar-refractivity contribution is -0.137. The number of fused-ring (bicyclic) bond motifs is 1. The van der Waals surface area contributed by atoms with E-state index in [4.69, 9.17) is 4.74 Å². The van der Waals surface area contributed by atoms with Crippen molar-refractivity contribution in [2.45, 2.75) is 38.0 Å². The van der Waals surface area contributed by atoms with E-state index < -0.39 is 19.3 Å². The van der Waals surface area contributed by atoms with Crippen LogP contribution in [0.15, 0.2) is 72.9 Å². The maximum atomic E-state index is 12.9. The summed E-state index contributed by atoms with van der Waals surface area (Å²) < 4.78 is 58.7. The molecule has 1 fully saturated rings. The van der Waals surface area contributed by atoms with Crippen molar-refractivity contribution in [2.75, 3.05) is 0 Å². The third kappa shape index (κ3) is 4.87. The van der Waals surface area contributed by atoms with Crippen LogP contribution in [0.1, 0.15) is 31.2 Å². The zero-order valence-corrected chi connectivity index (χ0v) is 19.5. The number of aromatic nitrogens is 1. The maximum absolute atomic E-state index is 12.9. The van der Waals surface area contributed by atoms with E-state index in [1.54, 1.807) is 22.8 Å². The summed E-state index contributed by atoms with van der Waals surface area (Å²) in [6.07, 6.45) is 1.60. The predicted molar refractivity (Wildman–Crippen MR) is 128 cm³/mol. The van der Waals surface area contributed by atoms with Crippen LogP contribution in [0.2, 0.25) is 0 Å². The van der Waals surface area contributed by atoms with Gasteiger partial charge in [-0.05, 0) is 85.3 Å². The van der Waals surface area contributed by atoms with Crippen LogP contribution in [0.25, 0.3) is 27.7 Å². The quantitative estimate of drug-likeness (QED) is 0.309. The number of halogens is 3. The Morgan fingerprint density at radius 2 is 1.51 bits per heavy atom. The summed E-state index contributed by atoms with van der Waals surface area (Å²) in [4.78, 5) is 20.0. The number of nitrogens with zero attached hydrogens (tertiary/aromatic N) is 1. The fourth-order valence-electron chi connectivity index (χ4n) is 4.57. The molecule has 0 radical (unpaired) electrons. The van der Waals surface area contributed by atoms with Crippen molar-refractivity contribution in [1.29, 1.82) is 0 Å². The Labute approximate surface area is 199 Å². The van der Waals surface area contributed by atoms with E-state index in [0.717, 1.165) is 43.6 Å². The summed E-state index contributed by atoms with van der Waals surface area (Å²) in [5.41, 5.74) is 1.58. The largest absolute Gasteiger partial charge is 0.490 e. The molecule has 1 aliphatic carbocycles. The zero-order chi connectivity index (χ0) is 24.8. The maximum Gasteiger partial charge on any atom is 0.416 e. The van der Waals surface area contributed by atoms with Gasteiger partial charge in [-0.1, -0.05) is 18.2 Å². The van der Waals surface area contributed by atoms with Gasteiger partial charge in [0, 0.05) is 17.3 Å². The molecule has 3 aromatic carbocycles. The van der Waals surface area contributed by atoms with E-state index >= 15 is 0 Å². The van der Waals surface area contributed by atoms with E-state index in [0.29, 0.717) is 27.7 Å². The fraction of sp³-hybridized carbons (Fsp3) is 0.231. The first-order valence-corrected chi connectivity index (χ1v) is 12.9. The molecular weight excluding hydrogens is 478 g/mol. The third-order valence-corrected chi connectivity index (χ3v) is 7.35. The predicted octanol–water partition coefficient (Wildman–Crippen LogP) is 6.44. The van der Waals surface area contributed by atoms with Crippen molar-refractivity contribution < 1.29 is 32.3 Å². The Kier molecular flexibility index (Phi) is 5.99. The van der Waals surface area contributed by atoms with Crippen LogP contribution in [0.4, 0.5) is 13.2 Å². The molecule has 182 valence electrons. The van der Waals surface area contributed by atoms with Gasteiger partial charge in [0.05, 0.1) is 22.5 Å². The smallest absolute Gasteiger partial charge is 0.416 e. The molecule has 5 nitrogen and oxygen atoms in total. The second kappa shape index (κ2) is 8.86. The van der Waals surface area contributed by atoms with Crippen molar-refractivity contribution in [1.82, 2.24) is 4.57 Å². The third-order valence-electron chi connectivity index (χ3n) is 6.36. The molecule has 1 aliphatic rings. The second-order valence-electron chi connectivity index (χ2n) is 8.75. The first kappa shape index (κ1) is 23.7. The van der Waals surface area contributed by atoms with Gasteiger partial charge in [0.25, 0.3) is 0 Å². The average Bonchev–Trinajstić information content (AvgIpc) is 3.46. The molecule has 9 heteroatoms. The topological polar surface area (TPSA) is 71.7 Å². The minimum Gasteiger partial charge on any atom is -0.490 e. The van der Waals surface area contributed by atoms with Crippen LogP contribution < -0.4 is 10.0 Å². The number of rotatable bonds is 5. The molecule has 5 rings (SSSR count). The number of hydrogen-bond acceptors (Lipinski definition) is 2. The zero-order valence-electron chi connectivity index (χ0n) is 18.6. The standard InChI is InChI=1S/C26H23F3NO4P/c27-26(28,29)19-8-5-17(6-9-19)18-7-14-24-23(15-18)25(35(31,32)33)16-30(24)20-10-12-22(13-11-20)34-21-3-1-2-4-21/h5-16,21H,1-4H2,(H2,31,32,33). The van der Waals surface area contributed by atoms with Crippen molar-refractivity contribution in [3.8, 4) is 22.6 Å². The molecule has 1 saturated carbocycles. The van der Waals surface area contributed by atoms with Gasteiger partial charge in [-0.2, -0.15) is 13.2 Å². The second-order valence-corrected chi connectivity index (χ2v) is 10.3. The van der Waals surface area contributed by atoms with E-state index in [2.05, 4.69) is 0 Å². The molecule has 2 N–H and O–H groups in total. The normalized spacial score (nSPS) is 15.1. The molecule has 1 aromatic heterocycles. The van der Waals surface area contributed by atoms with Crippen molar-refractivity contribution in [3.63, 3.8) is 0 Å². The van der Waals surface area contributed by atoms with Crippen LogP contribution in [0.3, 0.4) is 0 Å². The number of alkyl halides is 3. The Morgan fingerprint density at radius 3 is 2.11 bits per heavy atom. The monoisotopic (exact) mass is 501 g/mol. The van der Waals surface area contributed by atoms with Crippen molar-refractivity contribution in [2.24, 2.45) is 0 Å². The molecule has 0 spiro atoms. The Bertz CT molecular complexity index is 1400. The summed E-state index contributed by atoms with van der Waals surface area (Å²) in [5.74, 6) is 0.747. The lowest BCUT2D eigenvalue weighted by Crippen LogP contribution is -2.10. The van der Waals surface area contributed by atoms with Crippen LogP contribution in [0.5, 0.6) is 5.75 Å². The molecule has 0 bridgehead atoms. The summed E-state index contributed by atoms with van der Waals surface area (Å²) >= 11 is 0. The number of benzene rings is 3. The van der Waals surface area contributed by atoms with Crippen molar-refractivity contribution >= 4 is 23.8 Å². The summed E-state index contributed by atoms with van der Waals surface area (Å²) in [5, 5.41) is 0.189. The number of hydrogen-bond donors (Lipinski definition) is 2. The first-order valence-electron chi connectivity index (χ1n) is 11.3. The van der Waals surface area contributed by atoms with Gasteiger partial charge in [-0.25, -0.2) is 0 Å². The van der Waals surface area contributed by atoms with Gasteiger partial charge in [0.2, 0.25) is 0 Å². The van der Waals surface area contributed by atoms with Gasteiger partial charge in [-0.3, -0.25) is 4.57 Å². The molecule has 0 amide bonds. The molecular formula is C26H23F3NO4P. The highest BCUT2D eigenvalue weighted by Crippen LogP contribution is 2.40. The summed E-state index contributed by atoms with van der Waals surface area (Å²) in [6, 6.07) is 17.1. The van der Waals surface area contributed by atoms with Crippen LogP contribution in [-0.2, 0) is 10.7 Å². The molecule has 0 atom stereocenters. The van der Waals surface area contributed by atoms with Crippen LogP contribution in [0, 0.1) is 0 Å². The Hall–Kier alpha value is -3.06. The minimum atomic E-state index is -4.63. The SMILES string of the molecule is O=P(O)(O)c1cn(-c2ccc(OC3CCCC3)cc2)c2ccc(-c3ccc(C(F)(F)F)cc3)cc12. The first-order chi connectivity index (χ1) is 16.6. The average molecular weight is 501 g/mol. The molecule has 0 unspecified atom stereocenters. The van der Waals surface area contributed by atoms with Gasteiger partial charge < -0.3 is 19.1 Å². The Morgan fingerprint density at radius 1 is 0.886 bits per heavy atom. The highest BCUT2D eigenvalue weighted by atomic mass is 31.2. The molecule has 1 heterocycles. The molecule has 0 saturated heterocycles. The van der Waals surface area contributed by atoms with E-state index in [1.165, 1.54) is 18.3 Å².